The van der Waals surface area contributed by atoms with Gasteiger partial charge < -0.3 is 4.74 Å². The second kappa shape index (κ2) is 8.99. The highest BCUT2D eigenvalue weighted by Crippen LogP contribution is 2.25. The van der Waals surface area contributed by atoms with Crippen LogP contribution in [0.2, 0.25) is 0 Å². The predicted molar refractivity (Wildman–Crippen MR) is 120 cm³/mol. The summed E-state index contributed by atoms with van der Waals surface area (Å²) in [6, 6.07) is 3.80. The molecule has 0 spiro atoms. The van der Waals surface area contributed by atoms with Crippen molar-refractivity contribution in [2.24, 2.45) is 5.41 Å². The van der Waals surface area contributed by atoms with Crippen LogP contribution in [0.3, 0.4) is 0 Å². The number of hydrogen-bond donors (Lipinski definition) is 1. The molecular formula is C23H30N4O4. The maximum atomic E-state index is 12.9. The number of ether oxygens (including phenoxy) is 1. The van der Waals surface area contributed by atoms with E-state index in [0.717, 1.165) is 24.0 Å². The van der Waals surface area contributed by atoms with Crippen molar-refractivity contribution in [2.75, 3.05) is 6.61 Å². The number of fused-ring (bicyclic) bond motifs is 2. The standard InChI is InChI=1S/C23H30N4O4/c1-6-31-21(29)23(4,5)10-8-7-9-11-27-20(28)18-19(26-22(27)30)25-17-13-15(3)14(2)12-16(17)24-18/h12-13H,6-11H2,1-5H3,(H,25,26,30). The molecular weight excluding hydrogens is 396 g/mol. The number of nitrogens with one attached hydrogen (secondary N) is 1. The molecule has 8 nitrogen and oxygen atoms in total. The van der Waals surface area contributed by atoms with Gasteiger partial charge >= 0.3 is 11.7 Å². The van der Waals surface area contributed by atoms with Crippen molar-refractivity contribution in [3.8, 4) is 0 Å². The van der Waals surface area contributed by atoms with Gasteiger partial charge in [-0.05, 0) is 70.7 Å². The number of benzene rings is 1. The molecule has 2 heterocycles. The molecule has 0 radical (unpaired) electrons. The zero-order valence-corrected chi connectivity index (χ0v) is 18.9. The van der Waals surface area contributed by atoms with Gasteiger partial charge in [0.25, 0.3) is 5.56 Å². The summed E-state index contributed by atoms with van der Waals surface area (Å²) in [5, 5.41) is 0. The van der Waals surface area contributed by atoms with Crippen LogP contribution in [-0.2, 0) is 16.1 Å². The van der Waals surface area contributed by atoms with Crippen LogP contribution < -0.4 is 11.2 Å². The number of nitrogens with zero attached hydrogens (tertiary/aromatic N) is 3. The van der Waals surface area contributed by atoms with E-state index >= 15 is 0 Å². The molecule has 0 aliphatic rings. The number of aromatic nitrogens is 4. The Morgan fingerprint density at radius 2 is 1.71 bits per heavy atom. The molecule has 1 N–H and O–H groups in total. The summed E-state index contributed by atoms with van der Waals surface area (Å²) >= 11 is 0. The largest absolute Gasteiger partial charge is 0.466 e. The molecule has 0 amide bonds. The average Bonchev–Trinajstić information content (AvgIpc) is 2.70. The molecule has 1 aromatic carbocycles. The normalized spacial score (nSPS) is 11.9. The molecule has 0 saturated heterocycles. The molecule has 0 aliphatic heterocycles. The van der Waals surface area contributed by atoms with Crippen molar-refractivity contribution in [3.05, 3.63) is 44.1 Å². The number of carbonyl (C=O) groups is 1. The smallest absolute Gasteiger partial charge is 0.330 e. The quantitative estimate of drug-likeness (QED) is 0.336. The molecule has 0 aliphatic carbocycles. The first-order valence-electron chi connectivity index (χ1n) is 10.7. The number of rotatable bonds is 8. The third-order valence-electron chi connectivity index (χ3n) is 5.71. The van der Waals surface area contributed by atoms with Crippen LogP contribution in [0.25, 0.3) is 22.2 Å². The molecule has 0 atom stereocenters. The summed E-state index contributed by atoms with van der Waals surface area (Å²) in [5.41, 5.74) is 2.33. The maximum absolute atomic E-state index is 12.9. The van der Waals surface area contributed by atoms with Gasteiger partial charge in [0, 0.05) is 6.54 Å². The third kappa shape index (κ3) is 4.84. The molecule has 8 heteroatoms. The Labute approximate surface area is 180 Å². The molecule has 0 saturated carbocycles. The fourth-order valence-corrected chi connectivity index (χ4v) is 3.58. The van der Waals surface area contributed by atoms with Crippen LogP contribution in [-0.4, -0.2) is 32.1 Å². The summed E-state index contributed by atoms with van der Waals surface area (Å²) in [6.45, 7) is 10.2. The van der Waals surface area contributed by atoms with Crippen LogP contribution in [0, 0.1) is 19.3 Å². The minimum Gasteiger partial charge on any atom is -0.466 e. The SMILES string of the molecule is CCOC(=O)C(C)(C)CCCCCn1c(=O)[nH]c2nc3cc(C)c(C)cc3nc2c1=O. The number of aromatic amines is 1. The maximum Gasteiger partial charge on any atom is 0.330 e. The fourth-order valence-electron chi connectivity index (χ4n) is 3.58. The highest BCUT2D eigenvalue weighted by Gasteiger charge is 2.28. The highest BCUT2D eigenvalue weighted by molar-refractivity contribution is 5.84. The van der Waals surface area contributed by atoms with Gasteiger partial charge in [0.15, 0.2) is 11.2 Å². The van der Waals surface area contributed by atoms with Crippen LogP contribution >= 0.6 is 0 Å². The van der Waals surface area contributed by atoms with Gasteiger partial charge in [-0.25, -0.2) is 14.8 Å². The summed E-state index contributed by atoms with van der Waals surface area (Å²) < 4.78 is 6.29. The van der Waals surface area contributed by atoms with Gasteiger partial charge in [0.1, 0.15) is 0 Å². The van der Waals surface area contributed by atoms with E-state index in [9.17, 15) is 14.4 Å². The van der Waals surface area contributed by atoms with Gasteiger partial charge in [0.05, 0.1) is 23.1 Å². The number of H-pyrrole nitrogens is 1. The molecule has 3 aromatic rings. The number of unbranched alkanes of at least 4 members (excludes halogenated alkanes) is 2. The minimum absolute atomic E-state index is 0.166. The Hall–Kier alpha value is -3.03. The fraction of sp³-hybridized carbons (Fsp3) is 0.522. The van der Waals surface area contributed by atoms with Crippen molar-refractivity contribution >= 4 is 28.2 Å². The lowest BCUT2D eigenvalue weighted by molar-refractivity contribution is -0.153. The molecule has 0 fully saturated rings. The number of hydrogen-bond acceptors (Lipinski definition) is 6. The molecule has 166 valence electrons. The van der Waals surface area contributed by atoms with Gasteiger partial charge in [0.2, 0.25) is 0 Å². The predicted octanol–water partition coefficient (Wildman–Crippen LogP) is 3.40. The van der Waals surface area contributed by atoms with E-state index in [1.54, 1.807) is 6.92 Å². The number of carbonyl (C=O) groups excluding carboxylic acids is 1. The highest BCUT2D eigenvalue weighted by atomic mass is 16.5. The van der Waals surface area contributed by atoms with Gasteiger partial charge in [-0.1, -0.05) is 12.8 Å². The van der Waals surface area contributed by atoms with Crippen molar-refractivity contribution < 1.29 is 9.53 Å². The lowest BCUT2D eigenvalue weighted by atomic mass is 9.87. The van der Waals surface area contributed by atoms with Crippen molar-refractivity contribution in [1.82, 2.24) is 19.5 Å². The van der Waals surface area contributed by atoms with Crippen LogP contribution in [0.5, 0.6) is 0 Å². The van der Waals surface area contributed by atoms with E-state index in [2.05, 4.69) is 15.0 Å². The number of aryl methyl sites for hydroxylation is 2. The Balaban J connectivity index is 1.75. The lowest BCUT2D eigenvalue weighted by Crippen LogP contribution is -2.35. The molecule has 31 heavy (non-hydrogen) atoms. The van der Waals surface area contributed by atoms with E-state index < -0.39 is 16.7 Å². The van der Waals surface area contributed by atoms with Crippen LogP contribution in [0.1, 0.15) is 57.6 Å². The van der Waals surface area contributed by atoms with E-state index in [1.807, 2.05) is 39.8 Å². The second-order valence-electron chi connectivity index (χ2n) is 8.65. The lowest BCUT2D eigenvalue weighted by Gasteiger charge is -2.21. The van der Waals surface area contributed by atoms with Gasteiger partial charge in [-0.3, -0.25) is 19.1 Å². The topological polar surface area (TPSA) is 107 Å². The second-order valence-corrected chi connectivity index (χ2v) is 8.65. The molecule has 0 bridgehead atoms. The minimum atomic E-state index is -0.541. The summed E-state index contributed by atoms with van der Waals surface area (Å²) in [4.78, 5) is 49.0. The summed E-state index contributed by atoms with van der Waals surface area (Å²) in [6.07, 6.45) is 2.92. The van der Waals surface area contributed by atoms with Crippen molar-refractivity contribution in [3.63, 3.8) is 0 Å². The van der Waals surface area contributed by atoms with E-state index in [4.69, 9.17) is 4.74 Å². The summed E-state index contributed by atoms with van der Waals surface area (Å²) in [5.74, 6) is -0.201. The van der Waals surface area contributed by atoms with Gasteiger partial charge in [-0.15, -0.1) is 0 Å². The van der Waals surface area contributed by atoms with Gasteiger partial charge in [-0.2, -0.15) is 0 Å². The zero-order chi connectivity index (χ0) is 22.8. The first-order chi connectivity index (χ1) is 14.6. The average molecular weight is 427 g/mol. The van der Waals surface area contributed by atoms with E-state index in [1.165, 1.54) is 4.57 Å². The van der Waals surface area contributed by atoms with Crippen LogP contribution in [0.15, 0.2) is 21.7 Å². The zero-order valence-electron chi connectivity index (χ0n) is 18.9. The van der Waals surface area contributed by atoms with E-state index in [-0.39, 0.29) is 23.7 Å². The molecule has 3 rings (SSSR count). The monoisotopic (exact) mass is 426 g/mol. The summed E-state index contributed by atoms with van der Waals surface area (Å²) in [7, 11) is 0. The third-order valence-corrected chi connectivity index (χ3v) is 5.71. The Morgan fingerprint density at radius 1 is 1.06 bits per heavy atom. The number of esters is 1. The molecule has 2 aromatic heterocycles. The Bertz CT molecular complexity index is 1240. The van der Waals surface area contributed by atoms with Crippen molar-refractivity contribution in [1.29, 1.82) is 0 Å². The Morgan fingerprint density at radius 3 is 2.35 bits per heavy atom. The first kappa shape index (κ1) is 22.7. The Kier molecular flexibility index (Phi) is 6.57. The molecule has 0 unspecified atom stereocenters. The van der Waals surface area contributed by atoms with Crippen LogP contribution in [0.4, 0.5) is 0 Å². The first-order valence-corrected chi connectivity index (χ1v) is 10.7. The van der Waals surface area contributed by atoms with E-state index in [0.29, 0.717) is 30.5 Å². The van der Waals surface area contributed by atoms with Crippen molar-refractivity contribution in [2.45, 2.75) is 66.8 Å².